The van der Waals surface area contributed by atoms with Gasteiger partial charge in [-0.2, -0.15) is 0 Å². The first-order valence-corrected chi connectivity index (χ1v) is 8.94. The maximum Gasteiger partial charge on any atom is 0.189 e. The Balaban J connectivity index is 2.05. The van der Waals surface area contributed by atoms with E-state index in [1.165, 1.54) is 7.11 Å². The van der Waals surface area contributed by atoms with Crippen molar-refractivity contribution in [2.24, 2.45) is 0 Å². The van der Waals surface area contributed by atoms with Crippen LogP contribution in [0.15, 0.2) is 60.7 Å². The van der Waals surface area contributed by atoms with Gasteiger partial charge in [0.15, 0.2) is 11.9 Å². The first-order valence-electron chi connectivity index (χ1n) is 8.94. The maximum absolute atomic E-state index is 11.6. The van der Waals surface area contributed by atoms with Crippen LogP contribution in [-0.2, 0) is 22.3 Å². The summed E-state index contributed by atoms with van der Waals surface area (Å²) >= 11 is 0. The topological polar surface area (TPSA) is 99.4 Å². The molecule has 0 saturated carbocycles. The monoisotopic (exact) mass is 374 g/mol. The lowest BCUT2D eigenvalue weighted by Gasteiger charge is -2.55. The zero-order chi connectivity index (χ0) is 19.5. The minimum atomic E-state index is -2.00. The number of benzene rings is 2. The van der Waals surface area contributed by atoms with Crippen molar-refractivity contribution in [3.8, 4) is 0 Å². The second kappa shape index (κ2) is 8.06. The van der Waals surface area contributed by atoms with Crippen molar-refractivity contribution < 1.29 is 29.9 Å². The highest BCUT2D eigenvalue weighted by atomic mass is 16.7. The van der Waals surface area contributed by atoms with E-state index in [1.54, 1.807) is 12.1 Å². The van der Waals surface area contributed by atoms with E-state index in [2.05, 4.69) is 0 Å². The zero-order valence-corrected chi connectivity index (χ0v) is 15.2. The Bertz CT molecular complexity index is 724. The second-order valence-corrected chi connectivity index (χ2v) is 7.04. The molecule has 0 bridgehead atoms. The number of aliphatic hydroxyl groups is 4. The highest BCUT2D eigenvalue weighted by Gasteiger charge is 2.64. The predicted octanol–water partition coefficient (Wildman–Crippen LogP) is 0.658. The second-order valence-electron chi connectivity index (χ2n) is 7.04. The normalized spacial score (nSPS) is 33.7. The fraction of sp³-hybridized carbons (Fsp3) is 0.429. The van der Waals surface area contributed by atoms with Gasteiger partial charge in [-0.3, -0.25) is 0 Å². The van der Waals surface area contributed by atoms with E-state index < -0.39 is 36.3 Å². The minimum Gasteiger partial charge on any atom is -0.394 e. The van der Waals surface area contributed by atoms with Gasteiger partial charge in [-0.05, 0) is 11.1 Å². The number of rotatable bonds is 6. The van der Waals surface area contributed by atoms with Gasteiger partial charge < -0.3 is 29.9 Å². The fourth-order valence-electron chi connectivity index (χ4n) is 3.81. The molecule has 6 heteroatoms. The lowest BCUT2D eigenvalue weighted by atomic mass is 9.68. The van der Waals surface area contributed by atoms with E-state index in [1.807, 2.05) is 48.5 Å². The molecule has 146 valence electrons. The summed E-state index contributed by atoms with van der Waals surface area (Å²) in [5.74, 6) is 0. The van der Waals surface area contributed by atoms with Crippen LogP contribution in [0.2, 0.25) is 0 Å². The van der Waals surface area contributed by atoms with Gasteiger partial charge in [-0.25, -0.2) is 0 Å². The van der Waals surface area contributed by atoms with Crippen molar-refractivity contribution in [1.29, 1.82) is 0 Å². The summed E-state index contributed by atoms with van der Waals surface area (Å²) in [4.78, 5) is 0. The summed E-state index contributed by atoms with van der Waals surface area (Å²) in [7, 11) is 1.36. The highest BCUT2D eigenvalue weighted by Crippen LogP contribution is 2.42. The smallest absolute Gasteiger partial charge is 0.189 e. The van der Waals surface area contributed by atoms with Crippen LogP contribution in [-0.4, -0.2) is 63.8 Å². The van der Waals surface area contributed by atoms with Gasteiger partial charge in [-0.15, -0.1) is 0 Å². The molecule has 0 amide bonds. The average Bonchev–Trinajstić information content (AvgIpc) is 2.69. The molecule has 0 aromatic heterocycles. The largest absolute Gasteiger partial charge is 0.394 e. The van der Waals surface area contributed by atoms with Crippen LogP contribution < -0.4 is 0 Å². The molecule has 1 heterocycles. The first-order chi connectivity index (χ1) is 12.9. The zero-order valence-electron chi connectivity index (χ0n) is 15.2. The predicted molar refractivity (Wildman–Crippen MR) is 99.0 cm³/mol. The molecule has 0 spiro atoms. The molecule has 0 unspecified atom stereocenters. The molecule has 0 aliphatic carbocycles. The van der Waals surface area contributed by atoms with E-state index in [-0.39, 0.29) is 12.8 Å². The summed E-state index contributed by atoms with van der Waals surface area (Å²) in [6.45, 7) is -0.514. The SMILES string of the molecule is CO[C@@H]1O[C@H](CO)[C@@H](O)[C@@](O)(Cc2ccccc2)[C@]1(O)Cc1ccccc1. The van der Waals surface area contributed by atoms with Crippen molar-refractivity contribution in [1.82, 2.24) is 0 Å². The van der Waals surface area contributed by atoms with E-state index in [4.69, 9.17) is 9.47 Å². The minimum absolute atomic E-state index is 0.00485. The van der Waals surface area contributed by atoms with Gasteiger partial charge in [0, 0.05) is 20.0 Å². The van der Waals surface area contributed by atoms with Crippen LogP contribution in [0.1, 0.15) is 11.1 Å². The summed E-state index contributed by atoms with van der Waals surface area (Å²) in [6.07, 6.45) is -3.85. The van der Waals surface area contributed by atoms with Crippen molar-refractivity contribution in [2.45, 2.75) is 42.5 Å². The maximum atomic E-state index is 11.6. The van der Waals surface area contributed by atoms with Crippen LogP contribution in [0.3, 0.4) is 0 Å². The Morgan fingerprint density at radius 3 is 1.81 bits per heavy atom. The van der Waals surface area contributed by atoms with Crippen LogP contribution in [0.4, 0.5) is 0 Å². The molecule has 6 nitrogen and oxygen atoms in total. The van der Waals surface area contributed by atoms with Crippen LogP contribution in [0.5, 0.6) is 0 Å². The van der Waals surface area contributed by atoms with Crippen LogP contribution >= 0.6 is 0 Å². The molecule has 5 atom stereocenters. The molecule has 1 fully saturated rings. The summed E-state index contributed by atoms with van der Waals surface area (Å²) in [5, 5.41) is 43.6. The molecule has 1 aliphatic rings. The van der Waals surface area contributed by atoms with E-state index in [9.17, 15) is 20.4 Å². The van der Waals surface area contributed by atoms with Crippen molar-refractivity contribution >= 4 is 0 Å². The molecular formula is C21H26O6. The molecular weight excluding hydrogens is 348 g/mol. The molecule has 2 aromatic rings. The molecule has 1 aliphatic heterocycles. The summed E-state index contributed by atoms with van der Waals surface area (Å²) in [5.41, 5.74) is -2.45. The van der Waals surface area contributed by atoms with E-state index in [0.717, 1.165) is 11.1 Å². The fourth-order valence-corrected chi connectivity index (χ4v) is 3.81. The van der Waals surface area contributed by atoms with Gasteiger partial charge in [-0.1, -0.05) is 60.7 Å². The quantitative estimate of drug-likeness (QED) is 0.593. The number of hydrogen-bond acceptors (Lipinski definition) is 6. The summed E-state index contributed by atoms with van der Waals surface area (Å²) in [6, 6.07) is 18.2. The molecule has 27 heavy (non-hydrogen) atoms. The van der Waals surface area contributed by atoms with Crippen molar-refractivity contribution in [3.05, 3.63) is 71.8 Å². The van der Waals surface area contributed by atoms with Crippen LogP contribution in [0.25, 0.3) is 0 Å². The lowest BCUT2D eigenvalue weighted by Crippen LogP contribution is -2.76. The molecule has 0 radical (unpaired) electrons. The average molecular weight is 374 g/mol. The number of hydrogen-bond donors (Lipinski definition) is 4. The number of aliphatic hydroxyl groups excluding tert-OH is 2. The Labute approximate surface area is 158 Å². The Morgan fingerprint density at radius 2 is 1.37 bits per heavy atom. The Hall–Kier alpha value is -1.80. The third kappa shape index (κ3) is 3.65. The molecule has 1 saturated heterocycles. The lowest BCUT2D eigenvalue weighted by molar-refractivity contribution is -0.369. The Kier molecular flexibility index (Phi) is 5.95. The van der Waals surface area contributed by atoms with Crippen molar-refractivity contribution in [2.75, 3.05) is 13.7 Å². The number of ether oxygens (including phenoxy) is 2. The van der Waals surface area contributed by atoms with Gasteiger partial charge >= 0.3 is 0 Å². The number of methoxy groups -OCH3 is 1. The van der Waals surface area contributed by atoms with Crippen LogP contribution in [0, 0.1) is 0 Å². The highest BCUT2D eigenvalue weighted by molar-refractivity contribution is 5.26. The van der Waals surface area contributed by atoms with Crippen molar-refractivity contribution in [3.63, 3.8) is 0 Å². The summed E-state index contributed by atoms with van der Waals surface area (Å²) < 4.78 is 10.9. The first kappa shape index (κ1) is 19.9. The third-order valence-corrected chi connectivity index (χ3v) is 5.31. The Morgan fingerprint density at radius 1 is 0.889 bits per heavy atom. The molecule has 2 aromatic carbocycles. The van der Waals surface area contributed by atoms with Gasteiger partial charge in [0.05, 0.1) is 6.61 Å². The van der Waals surface area contributed by atoms with Gasteiger partial charge in [0.1, 0.15) is 17.8 Å². The van der Waals surface area contributed by atoms with E-state index in [0.29, 0.717) is 0 Å². The van der Waals surface area contributed by atoms with Gasteiger partial charge in [0.2, 0.25) is 0 Å². The van der Waals surface area contributed by atoms with E-state index >= 15 is 0 Å². The third-order valence-electron chi connectivity index (χ3n) is 5.31. The van der Waals surface area contributed by atoms with Gasteiger partial charge in [0.25, 0.3) is 0 Å². The molecule has 3 rings (SSSR count). The standard InChI is InChI=1S/C21H26O6/c1-26-19-21(25,13-16-10-6-3-7-11-16)20(24,18(23)17(14-22)27-19)12-15-8-4-2-5-9-15/h2-11,17-19,22-25H,12-14H2,1H3/t17-,18-,19-,20+,21+/m1/s1. The molecule has 4 N–H and O–H groups in total.